The Morgan fingerprint density at radius 3 is 2.42 bits per heavy atom. The van der Waals surface area contributed by atoms with E-state index in [1.165, 1.54) is 9.18 Å². The number of carbonyl (C=O) groups excluding carboxylic acids is 1. The first-order chi connectivity index (χ1) is 12.6. The van der Waals surface area contributed by atoms with Crippen molar-refractivity contribution in [3.8, 4) is 0 Å². The number of nitrogens with one attached hydrogen (secondary N) is 1. The second-order valence-corrected chi connectivity index (χ2v) is 9.14. The smallest absolute Gasteiger partial charge is 0.243 e. The summed E-state index contributed by atoms with van der Waals surface area (Å²) in [5.74, 6) is -0.0130. The lowest BCUT2D eigenvalue weighted by Crippen LogP contribution is -2.51. The molecule has 0 atom stereocenters. The van der Waals surface area contributed by atoms with Gasteiger partial charge in [-0.25, -0.2) is 8.42 Å². The van der Waals surface area contributed by atoms with Crippen molar-refractivity contribution in [2.24, 2.45) is 0 Å². The van der Waals surface area contributed by atoms with Gasteiger partial charge in [-0.15, -0.1) is 11.3 Å². The molecule has 26 heavy (non-hydrogen) atoms. The minimum Gasteiger partial charge on any atom is -0.355 e. The Labute approximate surface area is 158 Å². The largest absolute Gasteiger partial charge is 0.355 e. The first-order valence-corrected chi connectivity index (χ1v) is 10.9. The van der Waals surface area contributed by atoms with E-state index in [9.17, 15) is 13.2 Å². The molecule has 1 amide bonds. The molecule has 140 valence electrons. The molecule has 6 nitrogen and oxygen atoms in total. The Kier molecular flexibility index (Phi) is 6.42. The molecular formula is C18H23N3O3S2. The first kappa shape index (κ1) is 19.0. The lowest BCUT2D eigenvalue weighted by Gasteiger charge is -2.33. The average molecular weight is 394 g/mol. The Balaban J connectivity index is 1.43. The van der Waals surface area contributed by atoms with Gasteiger partial charge in [0.15, 0.2) is 0 Å². The number of nitrogens with zero attached hydrogens (tertiary/aromatic N) is 2. The number of hydrogen-bond acceptors (Lipinski definition) is 5. The highest BCUT2D eigenvalue weighted by molar-refractivity contribution is 7.89. The summed E-state index contributed by atoms with van der Waals surface area (Å²) in [6, 6.07) is 12.5. The van der Waals surface area contributed by atoms with E-state index >= 15 is 0 Å². The summed E-state index contributed by atoms with van der Waals surface area (Å²) in [4.78, 5) is 15.6. The van der Waals surface area contributed by atoms with Crippen molar-refractivity contribution in [2.75, 3.05) is 39.3 Å². The molecule has 0 saturated carbocycles. The predicted octanol–water partition coefficient (Wildman–Crippen LogP) is 1.41. The molecule has 3 rings (SSSR count). The molecule has 1 aromatic carbocycles. The zero-order valence-corrected chi connectivity index (χ0v) is 16.1. The molecule has 1 N–H and O–H groups in total. The van der Waals surface area contributed by atoms with Crippen molar-refractivity contribution in [2.45, 2.75) is 11.3 Å². The van der Waals surface area contributed by atoms with Crippen LogP contribution in [0.4, 0.5) is 0 Å². The standard InChI is InChI=1S/C18H23N3O3S2/c22-18(19-9-8-16-5-4-14-25-16)15-20-10-12-21(13-11-20)26(23,24)17-6-2-1-3-7-17/h1-7,14H,8-13,15H2,(H,19,22). The van der Waals surface area contributed by atoms with Gasteiger partial charge in [0.1, 0.15) is 0 Å². The van der Waals surface area contributed by atoms with Crippen LogP contribution in [0.1, 0.15) is 4.88 Å². The van der Waals surface area contributed by atoms with Crippen LogP contribution in [0.2, 0.25) is 0 Å². The molecule has 0 radical (unpaired) electrons. The maximum atomic E-state index is 12.6. The fourth-order valence-corrected chi connectivity index (χ4v) is 5.06. The Bertz CT molecular complexity index is 799. The predicted molar refractivity (Wildman–Crippen MR) is 103 cm³/mol. The number of piperazine rings is 1. The molecule has 0 bridgehead atoms. The summed E-state index contributed by atoms with van der Waals surface area (Å²) >= 11 is 1.69. The summed E-state index contributed by atoms with van der Waals surface area (Å²) < 4.78 is 26.7. The van der Waals surface area contributed by atoms with Crippen LogP contribution < -0.4 is 5.32 Å². The second kappa shape index (κ2) is 8.77. The van der Waals surface area contributed by atoms with Crippen LogP contribution in [-0.4, -0.2) is 62.8 Å². The molecule has 1 aliphatic heterocycles. The van der Waals surface area contributed by atoms with Crippen LogP contribution in [0.25, 0.3) is 0 Å². The molecule has 1 aromatic heterocycles. The van der Waals surface area contributed by atoms with Gasteiger partial charge in [-0.3, -0.25) is 9.69 Å². The molecule has 1 aliphatic rings. The molecule has 0 spiro atoms. The molecule has 2 heterocycles. The summed E-state index contributed by atoms with van der Waals surface area (Å²) in [6.45, 7) is 2.86. The topological polar surface area (TPSA) is 69.7 Å². The highest BCUT2D eigenvalue weighted by Gasteiger charge is 2.28. The molecule has 0 aliphatic carbocycles. The normalized spacial score (nSPS) is 16.5. The quantitative estimate of drug-likeness (QED) is 0.772. The SMILES string of the molecule is O=C(CN1CCN(S(=O)(=O)c2ccccc2)CC1)NCCc1cccs1. The Morgan fingerprint density at radius 2 is 1.77 bits per heavy atom. The minimum absolute atomic E-state index is 0.0130. The van der Waals surface area contributed by atoms with Crippen LogP contribution in [0.5, 0.6) is 0 Å². The van der Waals surface area contributed by atoms with Crippen molar-refractivity contribution in [1.82, 2.24) is 14.5 Å². The van der Waals surface area contributed by atoms with Gasteiger partial charge in [-0.2, -0.15) is 4.31 Å². The summed E-state index contributed by atoms with van der Waals surface area (Å²) in [5.41, 5.74) is 0. The van der Waals surface area contributed by atoms with E-state index in [-0.39, 0.29) is 5.91 Å². The van der Waals surface area contributed by atoms with Gasteiger partial charge in [0.25, 0.3) is 0 Å². The third kappa shape index (κ3) is 4.91. The highest BCUT2D eigenvalue weighted by Crippen LogP contribution is 2.17. The van der Waals surface area contributed by atoms with Crippen molar-refractivity contribution in [3.05, 3.63) is 52.7 Å². The maximum Gasteiger partial charge on any atom is 0.243 e. The Hall–Kier alpha value is -1.74. The van der Waals surface area contributed by atoms with Gasteiger partial charge in [-0.05, 0) is 30.0 Å². The van der Waals surface area contributed by atoms with Crippen molar-refractivity contribution >= 4 is 27.3 Å². The number of benzene rings is 1. The van der Waals surface area contributed by atoms with Crippen molar-refractivity contribution in [1.29, 1.82) is 0 Å². The number of hydrogen-bond donors (Lipinski definition) is 1. The fourth-order valence-electron chi connectivity index (χ4n) is 2.91. The molecule has 1 saturated heterocycles. The van der Waals surface area contributed by atoms with Crippen LogP contribution in [0, 0.1) is 0 Å². The molecule has 2 aromatic rings. The summed E-state index contributed by atoms with van der Waals surface area (Å²) in [6.07, 6.45) is 0.840. The van der Waals surface area contributed by atoms with Gasteiger partial charge in [-0.1, -0.05) is 24.3 Å². The lowest BCUT2D eigenvalue weighted by atomic mass is 10.3. The van der Waals surface area contributed by atoms with Crippen molar-refractivity contribution in [3.63, 3.8) is 0 Å². The first-order valence-electron chi connectivity index (χ1n) is 8.62. The van der Waals surface area contributed by atoms with E-state index in [0.29, 0.717) is 44.2 Å². The average Bonchev–Trinajstić information content (AvgIpc) is 3.16. The molecule has 0 unspecified atom stereocenters. The van der Waals surface area contributed by atoms with Gasteiger partial charge >= 0.3 is 0 Å². The highest BCUT2D eigenvalue weighted by atomic mass is 32.2. The van der Waals surface area contributed by atoms with E-state index in [4.69, 9.17) is 0 Å². The van der Waals surface area contributed by atoms with Crippen LogP contribution in [-0.2, 0) is 21.2 Å². The van der Waals surface area contributed by atoms with Crippen LogP contribution >= 0.6 is 11.3 Å². The van der Waals surface area contributed by atoms with Crippen molar-refractivity contribution < 1.29 is 13.2 Å². The zero-order valence-electron chi connectivity index (χ0n) is 14.5. The van der Waals surface area contributed by atoms with E-state index in [1.807, 2.05) is 16.3 Å². The van der Waals surface area contributed by atoms with Gasteiger partial charge in [0.05, 0.1) is 11.4 Å². The fraction of sp³-hybridized carbons (Fsp3) is 0.389. The van der Waals surface area contributed by atoms with E-state index in [0.717, 1.165) is 6.42 Å². The van der Waals surface area contributed by atoms with Crippen LogP contribution in [0.3, 0.4) is 0 Å². The monoisotopic (exact) mass is 393 g/mol. The lowest BCUT2D eigenvalue weighted by molar-refractivity contribution is -0.122. The third-order valence-corrected chi connectivity index (χ3v) is 7.20. The zero-order chi connectivity index (χ0) is 18.4. The maximum absolute atomic E-state index is 12.6. The number of sulfonamides is 1. The number of thiophene rings is 1. The summed E-state index contributed by atoms with van der Waals surface area (Å²) in [7, 11) is -3.45. The van der Waals surface area contributed by atoms with Gasteiger partial charge in [0.2, 0.25) is 15.9 Å². The van der Waals surface area contributed by atoms with Gasteiger partial charge < -0.3 is 5.32 Å². The number of carbonyl (C=O) groups is 1. The third-order valence-electron chi connectivity index (χ3n) is 4.35. The molecule has 1 fully saturated rings. The van der Waals surface area contributed by atoms with E-state index in [2.05, 4.69) is 11.4 Å². The van der Waals surface area contributed by atoms with Gasteiger partial charge in [0, 0.05) is 37.6 Å². The molecular weight excluding hydrogens is 370 g/mol. The van der Waals surface area contributed by atoms with E-state index in [1.54, 1.807) is 41.7 Å². The molecule has 8 heteroatoms. The van der Waals surface area contributed by atoms with Crippen LogP contribution in [0.15, 0.2) is 52.7 Å². The number of amides is 1. The van der Waals surface area contributed by atoms with E-state index < -0.39 is 10.0 Å². The summed E-state index contributed by atoms with van der Waals surface area (Å²) in [5, 5.41) is 4.96. The second-order valence-electron chi connectivity index (χ2n) is 6.17. The number of rotatable bonds is 7. The minimum atomic E-state index is -3.45. The Morgan fingerprint density at radius 1 is 1.04 bits per heavy atom.